The van der Waals surface area contributed by atoms with E-state index in [0.29, 0.717) is 13.0 Å². The van der Waals surface area contributed by atoms with Crippen LogP contribution in [-0.2, 0) is 11.2 Å². The van der Waals surface area contributed by atoms with Crippen molar-refractivity contribution in [3.05, 3.63) is 17.0 Å². The maximum absolute atomic E-state index is 11.7. The minimum absolute atomic E-state index is 0.00385. The molecule has 2 N–H and O–H groups in total. The topological polar surface area (TPSA) is 67.2 Å². The van der Waals surface area contributed by atoms with Crippen molar-refractivity contribution in [2.45, 2.75) is 40.2 Å². The van der Waals surface area contributed by atoms with Crippen LogP contribution in [0.2, 0.25) is 0 Å². The molecule has 1 rings (SSSR count). The number of aryl methyl sites for hydroxylation is 2. The van der Waals surface area contributed by atoms with E-state index in [-0.39, 0.29) is 11.9 Å². The molecule has 1 aromatic rings. The summed E-state index contributed by atoms with van der Waals surface area (Å²) in [6.07, 6.45) is 0.333. The lowest BCUT2D eigenvalue weighted by Crippen LogP contribution is -2.39. The predicted molar refractivity (Wildman–Crippen MR) is 65.8 cm³/mol. The molecule has 0 aliphatic heterocycles. The molecule has 0 radical (unpaired) electrons. The summed E-state index contributed by atoms with van der Waals surface area (Å²) in [6, 6.07) is 0.286. The third-order valence-electron chi connectivity index (χ3n) is 2.68. The number of rotatable bonds is 6. The van der Waals surface area contributed by atoms with E-state index < -0.39 is 0 Å². The summed E-state index contributed by atoms with van der Waals surface area (Å²) >= 11 is 0. The minimum atomic E-state index is 0.00385. The lowest BCUT2D eigenvalue weighted by Gasteiger charge is -2.13. The summed E-state index contributed by atoms with van der Waals surface area (Å²) in [5, 5.41) is 9.95. The van der Waals surface area contributed by atoms with Gasteiger partial charge in [0.15, 0.2) is 0 Å². The molecule has 0 aromatic carbocycles. The van der Waals surface area contributed by atoms with Gasteiger partial charge in [0.1, 0.15) is 5.76 Å². The molecule has 17 heavy (non-hydrogen) atoms. The van der Waals surface area contributed by atoms with Crippen molar-refractivity contribution in [3.8, 4) is 0 Å². The second kappa shape index (κ2) is 6.39. The molecule has 0 unspecified atom stereocenters. The normalized spacial score (nSPS) is 12.5. The number of nitrogens with one attached hydrogen (secondary N) is 2. The molecule has 0 saturated heterocycles. The van der Waals surface area contributed by atoms with Crippen molar-refractivity contribution < 1.29 is 9.32 Å². The zero-order chi connectivity index (χ0) is 12.8. The predicted octanol–water partition coefficient (Wildman–Crippen LogP) is 0.948. The van der Waals surface area contributed by atoms with Gasteiger partial charge in [-0.15, -0.1) is 0 Å². The Morgan fingerprint density at radius 2 is 2.18 bits per heavy atom. The van der Waals surface area contributed by atoms with Crippen molar-refractivity contribution in [1.82, 2.24) is 15.8 Å². The van der Waals surface area contributed by atoms with Gasteiger partial charge in [0, 0.05) is 18.2 Å². The highest BCUT2D eigenvalue weighted by atomic mass is 16.5. The average molecular weight is 239 g/mol. The lowest BCUT2D eigenvalue weighted by atomic mass is 10.1. The first-order valence-corrected chi connectivity index (χ1v) is 5.96. The average Bonchev–Trinajstić information content (AvgIpc) is 2.58. The van der Waals surface area contributed by atoms with E-state index in [2.05, 4.69) is 15.8 Å². The largest absolute Gasteiger partial charge is 0.361 e. The highest BCUT2D eigenvalue weighted by Crippen LogP contribution is 2.12. The maximum atomic E-state index is 11.7. The Labute approximate surface area is 102 Å². The van der Waals surface area contributed by atoms with E-state index in [9.17, 15) is 4.79 Å². The highest BCUT2D eigenvalue weighted by molar-refractivity contribution is 5.79. The van der Waals surface area contributed by atoms with Crippen molar-refractivity contribution in [2.24, 2.45) is 0 Å². The monoisotopic (exact) mass is 239 g/mol. The number of likely N-dealkylation sites (N-methyl/N-ethyl adjacent to an activating group) is 1. The molecule has 1 aromatic heterocycles. The minimum Gasteiger partial charge on any atom is -0.361 e. The van der Waals surface area contributed by atoms with Gasteiger partial charge in [-0.25, -0.2) is 0 Å². The standard InChI is InChI=1S/C12H21N3O2/c1-5-13-8(2)7-14-12(16)6-11-9(3)15-17-10(11)4/h8,13H,5-7H2,1-4H3,(H,14,16)/t8-/m1/s1. The van der Waals surface area contributed by atoms with Crippen LogP contribution < -0.4 is 10.6 Å². The van der Waals surface area contributed by atoms with Gasteiger partial charge in [0.25, 0.3) is 0 Å². The summed E-state index contributed by atoms with van der Waals surface area (Å²) < 4.78 is 5.02. The van der Waals surface area contributed by atoms with Crippen LogP contribution in [0.1, 0.15) is 30.9 Å². The molecule has 1 atom stereocenters. The Bertz CT molecular complexity index is 354. The van der Waals surface area contributed by atoms with Gasteiger partial charge in [-0.2, -0.15) is 0 Å². The van der Waals surface area contributed by atoms with E-state index in [4.69, 9.17) is 4.52 Å². The van der Waals surface area contributed by atoms with Crippen LogP contribution >= 0.6 is 0 Å². The van der Waals surface area contributed by atoms with E-state index in [1.54, 1.807) is 0 Å². The number of amides is 1. The number of hydrogen-bond acceptors (Lipinski definition) is 4. The molecular weight excluding hydrogens is 218 g/mol. The molecule has 0 bridgehead atoms. The fraction of sp³-hybridized carbons (Fsp3) is 0.667. The van der Waals surface area contributed by atoms with E-state index in [0.717, 1.165) is 23.6 Å². The fourth-order valence-corrected chi connectivity index (χ4v) is 1.66. The maximum Gasteiger partial charge on any atom is 0.224 e. The SMILES string of the molecule is CCN[C@H](C)CNC(=O)Cc1c(C)noc1C. The highest BCUT2D eigenvalue weighted by Gasteiger charge is 2.13. The fourth-order valence-electron chi connectivity index (χ4n) is 1.66. The Morgan fingerprint density at radius 3 is 2.71 bits per heavy atom. The van der Waals surface area contributed by atoms with E-state index in [1.165, 1.54) is 0 Å². The molecule has 0 saturated carbocycles. The van der Waals surface area contributed by atoms with Crippen molar-refractivity contribution >= 4 is 5.91 Å². The van der Waals surface area contributed by atoms with Crippen molar-refractivity contribution in [3.63, 3.8) is 0 Å². The number of aromatic nitrogens is 1. The van der Waals surface area contributed by atoms with Crippen LogP contribution in [0, 0.1) is 13.8 Å². The molecule has 0 spiro atoms. The molecule has 0 fully saturated rings. The lowest BCUT2D eigenvalue weighted by molar-refractivity contribution is -0.120. The molecule has 1 heterocycles. The summed E-state index contributed by atoms with van der Waals surface area (Å²) in [4.78, 5) is 11.7. The first-order chi connectivity index (χ1) is 8.04. The first-order valence-electron chi connectivity index (χ1n) is 5.96. The van der Waals surface area contributed by atoms with Gasteiger partial charge < -0.3 is 15.2 Å². The number of hydrogen-bond donors (Lipinski definition) is 2. The summed E-state index contributed by atoms with van der Waals surface area (Å²) in [7, 11) is 0. The molecule has 0 aliphatic carbocycles. The molecule has 1 amide bonds. The Balaban J connectivity index is 2.40. The van der Waals surface area contributed by atoms with Crippen LogP contribution in [-0.4, -0.2) is 30.2 Å². The van der Waals surface area contributed by atoms with Gasteiger partial charge in [-0.05, 0) is 27.3 Å². The Morgan fingerprint density at radius 1 is 1.47 bits per heavy atom. The molecule has 0 aliphatic rings. The van der Waals surface area contributed by atoms with Gasteiger partial charge in [0.2, 0.25) is 5.91 Å². The van der Waals surface area contributed by atoms with Gasteiger partial charge >= 0.3 is 0 Å². The molecule has 96 valence electrons. The molecular formula is C12H21N3O2. The smallest absolute Gasteiger partial charge is 0.224 e. The van der Waals surface area contributed by atoms with Crippen molar-refractivity contribution in [1.29, 1.82) is 0 Å². The summed E-state index contributed by atoms with van der Waals surface area (Å²) in [5.41, 5.74) is 1.68. The first kappa shape index (κ1) is 13.7. The second-order valence-corrected chi connectivity index (χ2v) is 4.24. The van der Waals surface area contributed by atoms with Gasteiger partial charge in [-0.3, -0.25) is 4.79 Å². The van der Waals surface area contributed by atoms with Crippen molar-refractivity contribution in [2.75, 3.05) is 13.1 Å². The van der Waals surface area contributed by atoms with Crippen LogP contribution in [0.5, 0.6) is 0 Å². The second-order valence-electron chi connectivity index (χ2n) is 4.24. The molecule has 5 nitrogen and oxygen atoms in total. The number of carbonyl (C=O) groups excluding carboxylic acids is 1. The molecule has 5 heteroatoms. The van der Waals surface area contributed by atoms with E-state index in [1.807, 2.05) is 27.7 Å². The van der Waals surface area contributed by atoms with Crippen LogP contribution in [0.15, 0.2) is 4.52 Å². The Kier molecular flexibility index (Phi) is 5.15. The van der Waals surface area contributed by atoms with Crippen LogP contribution in [0.3, 0.4) is 0 Å². The third kappa shape index (κ3) is 4.19. The van der Waals surface area contributed by atoms with Crippen LogP contribution in [0.25, 0.3) is 0 Å². The number of carbonyl (C=O) groups is 1. The summed E-state index contributed by atoms with van der Waals surface area (Å²) in [6.45, 7) is 9.29. The van der Waals surface area contributed by atoms with Gasteiger partial charge in [0.05, 0.1) is 12.1 Å². The van der Waals surface area contributed by atoms with Crippen LogP contribution in [0.4, 0.5) is 0 Å². The zero-order valence-electron chi connectivity index (χ0n) is 11.0. The van der Waals surface area contributed by atoms with Gasteiger partial charge in [-0.1, -0.05) is 12.1 Å². The quantitative estimate of drug-likeness (QED) is 0.775. The third-order valence-corrected chi connectivity index (χ3v) is 2.68. The number of nitrogens with zero attached hydrogens (tertiary/aromatic N) is 1. The van der Waals surface area contributed by atoms with E-state index >= 15 is 0 Å². The summed E-state index contributed by atoms with van der Waals surface area (Å²) in [5.74, 6) is 0.724. The zero-order valence-corrected chi connectivity index (χ0v) is 11.0. The Hall–Kier alpha value is -1.36.